The lowest BCUT2D eigenvalue weighted by atomic mass is 9.97. The molecule has 0 amide bonds. The number of hydrogen-bond acceptors (Lipinski definition) is 11. The molecule has 49 heavy (non-hydrogen) atoms. The maximum Gasteiger partial charge on any atom is 0.289 e. The zero-order valence-electron chi connectivity index (χ0n) is 27.3. The molecule has 14 heteroatoms. The van der Waals surface area contributed by atoms with Crippen LogP contribution in [0.5, 0.6) is 0 Å². The van der Waals surface area contributed by atoms with Crippen LogP contribution >= 0.6 is 11.3 Å². The van der Waals surface area contributed by atoms with E-state index in [0.717, 1.165) is 75.1 Å². The minimum atomic E-state index is -0.624. The minimum absolute atomic E-state index is 0.134. The second kappa shape index (κ2) is 13.7. The van der Waals surface area contributed by atoms with E-state index in [9.17, 15) is 14.7 Å². The van der Waals surface area contributed by atoms with Crippen molar-refractivity contribution < 1.29 is 14.2 Å². The Bertz CT molecular complexity index is 2110. The molecule has 0 spiro atoms. The van der Waals surface area contributed by atoms with Crippen molar-refractivity contribution in [1.29, 1.82) is 0 Å². The molecule has 0 bridgehead atoms. The van der Waals surface area contributed by atoms with Gasteiger partial charge >= 0.3 is 0 Å². The molecule has 5 heterocycles. The van der Waals surface area contributed by atoms with E-state index in [2.05, 4.69) is 31.9 Å². The van der Waals surface area contributed by atoms with Crippen LogP contribution in [0.3, 0.4) is 0 Å². The van der Waals surface area contributed by atoms with Gasteiger partial charge in [-0.2, -0.15) is 9.78 Å². The van der Waals surface area contributed by atoms with Crippen LogP contribution in [-0.4, -0.2) is 81.4 Å². The Labute approximate surface area is 286 Å². The standard InChI is InChI=1S/C35H39FN8O4S/c1-38-32(43-11-9-42(10-12-43)23-19-48-20-23)8-7-31(37)40-28-13-21(17-41(2)34(28)46)25-14-22(36)15-29(27(25)18-45)44-35(47)33-26(16-39-44)24-5-3-4-6-30(24)49-33/h7-8,13-17,23,40,45H,1,3-6,9-12,18-20,37H2,2H3/b31-7+,32-8+. The summed E-state index contributed by atoms with van der Waals surface area (Å²) in [5, 5.41) is 18.8. The Kier molecular flexibility index (Phi) is 9.20. The van der Waals surface area contributed by atoms with Crippen LogP contribution in [0.4, 0.5) is 10.1 Å². The topological polar surface area (TPSA) is 143 Å². The molecule has 0 saturated carbocycles. The van der Waals surface area contributed by atoms with E-state index in [4.69, 9.17) is 10.5 Å². The summed E-state index contributed by atoms with van der Waals surface area (Å²) in [7, 11) is 1.57. The quantitative estimate of drug-likeness (QED) is 0.179. The van der Waals surface area contributed by atoms with Crippen LogP contribution in [0.1, 0.15) is 28.8 Å². The van der Waals surface area contributed by atoms with Crippen molar-refractivity contribution in [2.75, 3.05) is 44.7 Å². The van der Waals surface area contributed by atoms with E-state index < -0.39 is 12.4 Å². The number of anilines is 1. The molecule has 0 unspecified atom stereocenters. The minimum Gasteiger partial charge on any atom is -0.392 e. The van der Waals surface area contributed by atoms with Crippen molar-refractivity contribution in [3.8, 4) is 16.8 Å². The number of piperazine rings is 1. The average Bonchev–Trinajstić information content (AvgIpc) is 3.46. The Morgan fingerprint density at radius 1 is 1.16 bits per heavy atom. The fraction of sp³-hybridized carbons (Fsp3) is 0.371. The molecule has 7 rings (SSSR count). The number of aliphatic imine (C=N–C) groups is 1. The predicted molar refractivity (Wildman–Crippen MR) is 190 cm³/mol. The number of rotatable bonds is 9. The van der Waals surface area contributed by atoms with Crippen LogP contribution in [-0.2, 0) is 31.2 Å². The number of hydrogen-bond donors (Lipinski definition) is 3. The van der Waals surface area contributed by atoms with Gasteiger partial charge in [-0.1, -0.05) is 0 Å². The highest BCUT2D eigenvalue weighted by Crippen LogP contribution is 2.35. The van der Waals surface area contributed by atoms with Crippen LogP contribution in [0.2, 0.25) is 0 Å². The van der Waals surface area contributed by atoms with Crippen molar-refractivity contribution in [1.82, 2.24) is 24.1 Å². The van der Waals surface area contributed by atoms with Crippen molar-refractivity contribution in [2.24, 2.45) is 17.8 Å². The number of fused-ring (bicyclic) bond motifs is 3. The van der Waals surface area contributed by atoms with Gasteiger partial charge in [-0.15, -0.1) is 11.3 Å². The first kappa shape index (κ1) is 32.9. The van der Waals surface area contributed by atoms with Crippen molar-refractivity contribution >= 4 is 33.8 Å². The zero-order valence-corrected chi connectivity index (χ0v) is 28.1. The van der Waals surface area contributed by atoms with Crippen LogP contribution in [0.15, 0.2) is 69.0 Å². The second-order valence-corrected chi connectivity index (χ2v) is 13.7. The third kappa shape index (κ3) is 6.32. The highest BCUT2D eigenvalue weighted by Gasteiger charge is 2.29. The number of benzene rings is 1. The van der Waals surface area contributed by atoms with Gasteiger partial charge in [0.25, 0.3) is 11.1 Å². The fourth-order valence-electron chi connectivity index (χ4n) is 6.87. The summed E-state index contributed by atoms with van der Waals surface area (Å²) in [5.41, 5.74) is 8.08. The summed E-state index contributed by atoms with van der Waals surface area (Å²) in [5.74, 6) is 0.229. The zero-order chi connectivity index (χ0) is 34.2. The summed E-state index contributed by atoms with van der Waals surface area (Å²) >= 11 is 1.47. The summed E-state index contributed by atoms with van der Waals surface area (Å²) in [4.78, 5) is 36.9. The van der Waals surface area contributed by atoms with Crippen molar-refractivity contribution in [2.45, 2.75) is 38.3 Å². The molecule has 1 aromatic carbocycles. The summed E-state index contributed by atoms with van der Waals surface area (Å²) in [6, 6.07) is 4.50. The SMILES string of the molecule is C=N/C(=C\C=C(/N)Nc1cc(-c2cc(F)cc(-n3ncc4c5c(sc4c3=O)CCCC5)c2CO)cn(C)c1=O)N1CCN(C2COC2)CC1. The average molecular weight is 687 g/mol. The smallest absolute Gasteiger partial charge is 0.289 e. The lowest BCUT2D eigenvalue weighted by Crippen LogP contribution is -2.56. The van der Waals surface area contributed by atoms with E-state index in [0.29, 0.717) is 33.3 Å². The molecule has 3 aromatic heterocycles. The first-order valence-corrected chi connectivity index (χ1v) is 17.2. The molecule has 2 aliphatic heterocycles. The molecule has 0 atom stereocenters. The number of halogens is 1. The van der Waals surface area contributed by atoms with Crippen LogP contribution in [0, 0.1) is 5.82 Å². The number of aliphatic hydroxyl groups excluding tert-OH is 1. The summed E-state index contributed by atoms with van der Waals surface area (Å²) in [6.07, 6.45) is 10.6. The van der Waals surface area contributed by atoms with Crippen molar-refractivity contribution in [3.63, 3.8) is 0 Å². The number of allylic oxidation sites excluding steroid dienone is 2. The van der Waals surface area contributed by atoms with Gasteiger partial charge in [0.2, 0.25) is 0 Å². The third-order valence-electron chi connectivity index (χ3n) is 9.60. The normalized spacial score (nSPS) is 17.7. The lowest BCUT2D eigenvalue weighted by molar-refractivity contribution is -0.0747. The maximum absolute atomic E-state index is 15.3. The molecule has 4 aromatic rings. The van der Waals surface area contributed by atoms with Gasteiger partial charge in [0.1, 0.15) is 27.8 Å². The number of ether oxygens (including phenoxy) is 1. The number of nitrogens with one attached hydrogen (secondary N) is 1. The number of thiophene rings is 1. The monoisotopic (exact) mass is 686 g/mol. The molecule has 1 aliphatic carbocycles. The molecular weight excluding hydrogens is 648 g/mol. The van der Waals surface area contributed by atoms with E-state index in [1.807, 2.05) is 0 Å². The highest BCUT2D eigenvalue weighted by molar-refractivity contribution is 7.19. The molecule has 3 aliphatic rings. The summed E-state index contributed by atoms with van der Waals surface area (Å²) < 4.78 is 23.7. The van der Waals surface area contributed by atoms with Gasteiger partial charge in [-0.25, -0.2) is 9.38 Å². The van der Waals surface area contributed by atoms with Crippen molar-refractivity contribution in [3.05, 3.63) is 96.9 Å². The maximum atomic E-state index is 15.3. The number of pyridine rings is 1. The van der Waals surface area contributed by atoms with Gasteiger partial charge < -0.3 is 30.4 Å². The third-order valence-corrected chi connectivity index (χ3v) is 10.9. The van der Waals surface area contributed by atoms with E-state index in [-0.39, 0.29) is 28.3 Å². The summed E-state index contributed by atoms with van der Waals surface area (Å²) in [6.45, 7) is 8.15. The molecule has 256 valence electrons. The molecule has 4 N–H and O–H groups in total. The highest BCUT2D eigenvalue weighted by atomic mass is 32.1. The molecule has 12 nitrogen and oxygen atoms in total. The Morgan fingerprint density at radius 3 is 2.65 bits per heavy atom. The molecule has 2 saturated heterocycles. The van der Waals surface area contributed by atoms with Gasteiger partial charge in [0, 0.05) is 66.9 Å². The first-order chi connectivity index (χ1) is 23.7. The van der Waals surface area contributed by atoms with E-state index in [1.54, 1.807) is 37.7 Å². The Morgan fingerprint density at radius 2 is 1.94 bits per heavy atom. The molecular formula is C35H39FN8O4S. The Balaban J connectivity index is 1.18. The van der Waals surface area contributed by atoms with Gasteiger partial charge in [0.15, 0.2) is 0 Å². The van der Waals surface area contributed by atoms with Gasteiger partial charge in [-0.05, 0) is 67.8 Å². The lowest BCUT2D eigenvalue weighted by Gasteiger charge is -2.43. The predicted octanol–water partition coefficient (Wildman–Crippen LogP) is 3.09. The largest absolute Gasteiger partial charge is 0.392 e. The van der Waals surface area contributed by atoms with E-state index in [1.165, 1.54) is 38.5 Å². The van der Waals surface area contributed by atoms with Crippen LogP contribution in [0.25, 0.3) is 26.9 Å². The number of nitrogens with zero attached hydrogens (tertiary/aromatic N) is 6. The molecule has 0 radical (unpaired) electrons. The van der Waals surface area contributed by atoms with E-state index >= 15 is 4.39 Å². The van der Waals surface area contributed by atoms with Crippen LogP contribution < -0.4 is 22.2 Å². The second-order valence-electron chi connectivity index (χ2n) is 12.6. The number of nitrogens with two attached hydrogens (primary N) is 1. The number of aromatic nitrogens is 3. The Hall–Kier alpha value is -4.63. The molecule has 2 fully saturated rings. The fourth-order valence-corrected chi connectivity index (χ4v) is 8.16. The van der Waals surface area contributed by atoms with Gasteiger partial charge in [-0.3, -0.25) is 14.5 Å². The number of aliphatic hydroxyl groups is 1. The van der Waals surface area contributed by atoms with Gasteiger partial charge in [0.05, 0.1) is 37.7 Å². The first-order valence-electron chi connectivity index (χ1n) is 16.4. The number of aryl methyl sites for hydroxylation is 3.